The molecular formula is C33H36Cl2N4O4. The number of nitrogens with zero attached hydrogens (tertiary/aromatic N) is 3. The van der Waals surface area contributed by atoms with E-state index in [9.17, 15) is 9.90 Å². The number of aliphatic hydroxyl groups is 1. The predicted octanol–water partition coefficient (Wildman–Crippen LogP) is 6.00. The minimum atomic E-state index is -0.579. The van der Waals surface area contributed by atoms with E-state index in [0.29, 0.717) is 41.1 Å². The van der Waals surface area contributed by atoms with E-state index in [1.807, 2.05) is 42.5 Å². The van der Waals surface area contributed by atoms with Crippen LogP contribution in [-0.4, -0.2) is 89.4 Å². The molecule has 4 aromatic rings. The normalized spacial score (nSPS) is 18.4. The lowest BCUT2D eigenvalue weighted by Gasteiger charge is -2.35. The number of rotatable bonds is 8. The first-order valence-electron chi connectivity index (χ1n) is 14.8. The maximum Gasteiger partial charge on any atom is 0.416 e. The SMILES string of the molecule is CCN1CCN(CC(O)COc2ccc(C3c4[nH]c5ccc(Cl)cc5c4CCN3C(=O)Oc3ccc(Cl)cc3)cc2)CC1. The lowest BCUT2D eigenvalue weighted by atomic mass is 9.92. The molecule has 6 rings (SSSR count). The van der Waals surface area contributed by atoms with Crippen LogP contribution in [0.3, 0.4) is 0 Å². The Hall–Kier alpha value is -3.27. The van der Waals surface area contributed by atoms with Crippen LogP contribution in [-0.2, 0) is 6.42 Å². The van der Waals surface area contributed by atoms with E-state index >= 15 is 0 Å². The van der Waals surface area contributed by atoms with Crippen LogP contribution in [0.5, 0.6) is 11.5 Å². The highest BCUT2D eigenvalue weighted by atomic mass is 35.5. The summed E-state index contributed by atoms with van der Waals surface area (Å²) in [5.74, 6) is 1.09. The molecule has 43 heavy (non-hydrogen) atoms. The molecular weight excluding hydrogens is 587 g/mol. The van der Waals surface area contributed by atoms with Crippen LogP contribution in [0.4, 0.5) is 4.79 Å². The molecule has 3 heterocycles. The number of ether oxygens (including phenoxy) is 2. The van der Waals surface area contributed by atoms with Crippen LogP contribution in [0, 0.1) is 0 Å². The van der Waals surface area contributed by atoms with E-state index in [1.54, 1.807) is 29.2 Å². The molecule has 10 heteroatoms. The first-order valence-corrected chi connectivity index (χ1v) is 15.5. The summed E-state index contributed by atoms with van der Waals surface area (Å²) in [5, 5.41) is 12.9. The number of amides is 1. The Morgan fingerprint density at radius 2 is 1.60 bits per heavy atom. The summed E-state index contributed by atoms with van der Waals surface area (Å²) in [7, 11) is 0. The number of nitrogens with one attached hydrogen (secondary N) is 1. The molecule has 2 aliphatic heterocycles. The number of aromatic amines is 1. The van der Waals surface area contributed by atoms with Crippen LogP contribution in [0.2, 0.25) is 10.0 Å². The molecule has 0 spiro atoms. The monoisotopic (exact) mass is 622 g/mol. The van der Waals surface area contributed by atoms with Gasteiger partial charge in [-0.3, -0.25) is 9.80 Å². The van der Waals surface area contributed by atoms with Gasteiger partial charge in [-0.15, -0.1) is 0 Å². The van der Waals surface area contributed by atoms with E-state index in [2.05, 4.69) is 21.7 Å². The van der Waals surface area contributed by atoms with Gasteiger partial charge in [-0.05, 0) is 78.7 Å². The zero-order chi connectivity index (χ0) is 29.9. The molecule has 0 radical (unpaired) electrons. The number of piperazine rings is 1. The zero-order valence-corrected chi connectivity index (χ0v) is 25.7. The van der Waals surface area contributed by atoms with Crippen molar-refractivity contribution in [2.45, 2.75) is 25.5 Å². The van der Waals surface area contributed by atoms with E-state index < -0.39 is 18.2 Å². The fraction of sp³-hybridized carbons (Fsp3) is 0.364. The van der Waals surface area contributed by atoms with Crippen LogP contribution in [0.1, 0.15) is 29.8 Å². The Bertz CT molecular complexity index is 1550. The first kappa shape index (κ1) is 29.8. The zero-order valence-electron chi connectivity index (χ0n) is 24.1. The third kappa shape index (κ3) is 6.79. The molecule has 3 aromatic carbocycles. The molecule has 226 valence electrons. The van der Waals surface area contributed by atoms with Gasteiger partial charge in [-0.25, -0.2) is 4.79 Å². The molecule has 1 saturated heterocycles. The molecule has 1 fully saturated rings. The number of carbonyl (C=O) groups excluding carboxylic acids is 1. The van der Waals surface area contributed by atoms with Gasteiger partial charge in [0.25, 0.3) is 0 Å². The van der Waals surface area contributed by atoms with E-state index in [1.165, 1.54) is 0 Å². The molecule has 1 amide bonds. The molecule has 0 aliphatic carbocycles. The van der Waals surface area contributed by atoms with Crippen LogP contribution < -0.4 is 9.47 Å². The number of likely N-dealkylation sites (N-methyl/N-ethyl adjacent to an activating group) is 1. The summed E-state index contributed by atoms with van der Waals surface area (Å²) in [6, 6.07) is 19.8. The maximum atomic E-state index is 13.5. The number of aliphatic hydroxyl groups excluding tert-OH is 1. The summed E-state index contributed by atoms with van der Waals surface area (Å²) in [5.41, 5.74) is 3.95. The fourth-order valence-corrected chi connectivity index (χ4v) is 6.34. The number of β-amino-alcohol motifs (C(OH)–C–C–N with tert-alkyl or cyclic N) is 1. The number of carbonyl (C=O) groups is 1. The number of aromatic nitrogens is 1. The van der Waals surface area contributed by atoms with Crippen molar-refractivity contribution in [3.8, 4) is 11.5 Å². The predicted molar refractivity (Wildman–Crippen MR) is 170 cm³/mol. The van der Waals surface area contributed by atoms with Gasteiger partial charge < -0.3 is 24.5 Å². The second-order valence-electron chi connectivity index (χ2n) is 11.1. The van der Waals surface area contributed by atoms with Crippen molar-refractivity contribution >= 4 is 40.2 Å². The highest BCUT2D eigenvalue weighted by molar-refractivity contribution is 6.31. The van der Waals surface area contributed by atoms with Crippen LogP contribution >= 0.6 is 23.2 Å². The van der Waals surface area contributed by atoms with Crippen LogP contribution in [0.15, 0.2) is 66.7 Å². The topological polar surface area (TPSA) is 81.3 Å². The van der Waals surface area contributed by atoms with Gasteiger partial charge >= 0.3 is 6.09 Å². The van der Waals surface area contributed by atoms with Crippen molar-refractivity contribution in [1.82, 2.24) is 19.7 Å². The first-order chi connectivity index (χ1) is 20.9. The second kappa shape index (κ2) is 13.2. The summed E-state index contributed by atoms with van der Waals surface area (Å²) < 4.78 is 11.7. The van der Waals surface area contributed by atoms with Gasteiger partial charge in [0.1, 0.15) is 30.3 Å². The van der Waals surface area contributed by atoms with Crippen molar-refractivity contribution in [2.75, 3.05) is 52.4 Å². The number of hydrogen-bond donors (Lipinski definition) is 2. The molecule has 1 aromatic heterocycles. The Balaban J connectivity index is 1.19. The van der Waals surface area contributed by atoms with Crippen molar-refractivity contribution in [1.29, 1.82) is 0 Å². The molecule has 2 unspecified atom stereocenters. The summed E-state index contributed by atoms with van der Waals surface area (Å²) in [4.78, 5) is 23.5. The summed E-state index contributed by atoms with van der Waals surface area (Å²) >= 11 is 12.4. The van der Waals surface area contributed by atoms with Gasteiger partial charge in [0, 0.05) is 65.9 Å². The Kier molecular flexibility index (Phi) is 9.12. The number of fused-ring (bicyclic) bond motifs is 3. The molecule has 0 bridgehead atoms. The average molecular weight is 624 g/mol. The molecule has 0 saturated carbocycles. The van der Waals surface area contributed by atoms with Crippen molar-refractivity contribution in [2.24, 2.45) is 0 Å². The average Bonchev–Trinajstić information content (AvgIpc) is 3.39. The number of benzene rings is 3. The van der Waals surface area contributed by atoms with Gasteiger partial charge in [-0.1, -0.05) is 42.3 Å². The van der Waals surface area contributed by atoms with Crippen molar-refractivity contribution < 1.29 is 19.4 Å². The lowest BCUT2D eigenvalue weighted by molar-refractivity contribution is 0.0471. The fourth-order valence-electron chi connectivity index (χ4n) is 6.04. The molecule has 8 nitrogen and oxygen atoms in total. The number of halogens is 2. The molecule has 2 atom stereocenters. The van der Waals surface area contributed by atoms with Crippen LogP contribution in [0.25, 0.3) is 10.9 Å². The van der Waals surface area contributed by atoms with Crippen molar-refractivity contribution in [3.05, 3.63) is 93.6 Å². The minimum absolute atomic E-state index is 0.212. The van der Waals surface area contributed by atoms with Gasteiger partial charge in [-0.2, -0.15) is 0 Å². The Morgan fingerprint density at radius 3 is 2.33 bits per heavy atom. The van der Waals surface area contributed by atoms with E-state index in [0.717, 1.165) is 60.4 Å². The highest BCUT2D eigenvalue weighted by Gasteiger charge is 2.36. The van der Waals surface area contributed by atoms with E-state index in [4.69, 9.17) is 32.7 Å². The third-order valence-electron chi connectivity index (χ3n) is 8.36. The second-order valence-corrected chi connectivity index (χ2v) is 12.0. The third-order valence-corrected chi connectivity index (χ3v) is 8.85. The molecule has 2 aliphatic rings. The van der Waals surface area contributed by atoms with Gasteiger partial charge in [0.05, 0.1) is 0 Å². The quantitative estimate of drug-likeness (QED) is 0.251. The lowest BCUT2D eigenvalue weighted by Crippen LogP contribution is -2.49. The Labute approximate surface area is 261 Å². The maximum absolute atomic E-state index is 13.5. The molecule has 2 N–H and O–H groups in total. The summed E-state index contributed by atoms with van der Waals surface area (Å²) in [6.45, 7) is 8.49. The van der Waals surface area contributed by atoms with Gasteiger partial charge in [0.2, 0.25) is 0 Å². The Morgan fingerprint density at radius 1 is 0.930 bits per heavy atom. The largest absolute Gasteiger partial charge is 0.491 e. The minimum Gasteiger partial charge on any atom is -0.491 e. The standard InChI is InChI=1S/C33H36Cl2N4O4/c1-2-37-15-17-38(18-16-37)20-25(40)21-42-26-8-3-22(4-9-26)32-31-28(29-19-24(35)7-12-30(29)36-31)13-14-39(32)33(41)43-27-10-5-23(34)6-11-27/h3-12,19,25,32,36,40H,2,13-18,20-21H2,1H3. The van der Waals surface area contributed by atoms with Crippen molar-refractivity contribution in [3.63, 3.8) is 0 Å². The summed E-state index contributed by atoms with van der Waals surface area (Å²) in [6.07, 6.45) is -0.364. The number of H-pyrrole nitrogens is 1. The number of hydrogen-bond acceptors (Lipinski definition) is 6. The van der Waals surface area contributed by atoms with Gasteiger partial charge in [0.15, 0.2) is 0 Å². The van der Waals surface area contributed by atoms with E-state index in [-0.39, 0.29) is 6.61 Å². The smallest absolute Gasteiger partial charge is 0.416 e. The highest BCUT2D eigenvalue weighted by Crippen LogP contribution is 2.40.